The zero-order chi connectivity index (χ0) is 8.39. The van der Waals surface area contributed by atoms with Gasteiger partial charge < -0.3 is 9.73 Å². The summed E-state index contributed by atoms with van der Waals surface area (Å²) in [7, 11) is 1.89. The number of furan rings is 1. The Morgan fingerprint density at radius 3 is 3.25 bits per heavy atom. The minimum Gasteiger partial charge on any atom is -0.458 e. The molecule has 0 radical (unpaired) electrons. The van der Waals surface area contributed by atoms with Gasteiger partial charge in [-0.1, -0.05) is 0 Å². The molecule has 0 saturated carbocycles. The summed E-state index contributed by atoms with van der Waals surface area (Å²) in [5.74, 6) is 0.922. The SMILES string of the molecule is CNCc1cc2ncccc2o1. The maximum absolute atomic E-state index is 5.48. The van der Waals surface area contributed by atoms with E-state index in [1.54, 1.807) is 6.20 Å². The highest BCUT2D eigenvalue weighted by atomic mass is 16.3. The summed E-state index contributed by atoms with van der Waals surface area (Å²) in [4.78, 5) is 4.16. The van der Waals surface area contributed by atoms with Crippen molar-refractivity contribution in [3.8, 4) is 0 Å². The molecule has 2 aromatic heterocycles. The summed E-state index contributed by atoms with van der Waals surface area (Å²) in [6, 6.07) is 5.74. The minimum atomic E-state index is 0.746. The quantitative estimate of drug-likeness (QED) is 0.728. The van der Waals surface area contributed by atoms with E-state index in [4.69, 9.17) is 4.42 Å². The second kappa shape index (κ2) is 2.95. The summed E-state index contributed by atoms with van der Waals surface area (Å²) in [5, 5.41) is 3.02. The van der Waals surface area contributed by atoms with Gasteiger partial charge in [-0.2, -0.15) is 0 Å². The average Bonchev–Trinajstić information content (AvgIpc) is 2.47. The Hall–Kier alpha value is -1.35. The van der Waals surface area contributed by atoms with Crippen molar-refractivity contribution < 1.29 is 4.42 Å². The molecular formula is C9H10N2O. The third-order valence-electron chi connectivity index (χ3n) is 1.69. The Labute approximate surface area is 70.4 Å². The molecular weight excluding hydrogens is 152 g/mol. The van der Waals surface area contributed by atoms with Crippen molar-refractivity contribution in [3.05, 3.63) is 30.2 Å². The fourth-order valence-electron chi connectivity index (χ4n) is 1.18. The highest BCUT2D eigenvalue weighted by molar-refractivity contribution is 5.72. The van der Waals surface area contributed by atoms with E-state index in [-0.39, 0.29) is 0 Å². The number of hydrogen-bond acceptors (Lipinski definition) is 3. The first-order valence-corrected chi connectivity index (χ1v) is 3.88. The standard InChI is InChI=1S/C9H10N2O/c1-10-6-7-5-8-9(12-7)3-2-4-11-8/h2-5,10H,6H2,1H3. The van der Waals surface area contributed by atoms with Crippen molar-refractivity contribution in [2.45, 2.75) is 6.54 Å². The maximum atomic E-state index is 5.48. The number of aromatic nitrogens is 1. The van der Waals surface area contributed by atoms with E-state index in [9.17, 15) is 0 Å². The Morgan fingerprint density at radius 1 is 1.58 bits per heavy atom. The van der Waals surface area contributed by atoms with E-state index in [0.29, 0.717) is 0 Å². The van der Waals surface area contributed by atoms with Gasteiger partial charge in [0.15, 0.2) is 5.58 Å². The third kappa shape index (κ3) is 1.19. The van der Waals surface area contributed by atoms with Crippen LogP contribution in [0.1, 0.15) is 5.76 Å². The molecule has 0 unspecified atom stereocenters. The molecule has 3 nitrogen and oxygen atoms in total. The van der Waals surface area contributed by atoms with Gasteiger partial charge in [-0.25, -0.2) is 0 Å². The van der Waals surface area contributed by atoms with Crippen LogP contribution in [0, 0.1) is 0 Å². The topological polar surface area (TPSA) is 38.1 Å². The van der Waals surface area contributed by atoms with Crippen molar-refractivity contribution >= 4 is 11.1 Å². The van der Waals surface area contributed by atoms with Gasteiger partial charge in [0.25, 0.3) is 0 Å². The predicted octanol–water partition coefficient (Wildman–Crippen LogP) is 1.55. The fraction of sp³-hybridized carbons (Fsp3) is 0.222. The van der Waals surface area contributed by atoms with Gasteiger partial charge in [-0.05, 0) is 19.2 Å². The lowest BCUT2D eigenvalue weighted by atomic mass is 10.4. The van der Waals surface area contributed by atoms with Crippen molar-refractivity contribution in [2.24, 2.45) is 0 Å². The van der Waals surface area contributed by atoms with Gasteiger partial charge in [0.05, 0.1) is 6.54 Å². The number of nitrogens with one attached hydrogen (secondary N) is 1. The minimum absolute atomic E-state index is 0.746. The van der Waals surface area contributed by atoms with Crippen LogP contribution in [0.5, 0.6) is 0 Å². The molecule has 0 aliphatic rings. The van der Waals surface area contributed by atoms with Gasteiger partial charge in [0.1, 0.15) is 11.3 Å². The molecule has 0 fully saturated rings. The van der Waals surface area contributed by atoms with Crippen LogP contribution in [0.15, 0.2) is 28.8 Å². The molecule has 0 atom stereocenters. The zero-order valence-electron chi connectivity index (χ0n) is 6.87. The molecule has 0 saturated heterocycles. The smallest absolute Gasteiger partial charge is 0.152 e. The lowest BCUT2D eigenvalue weighted by Gasteiger charge is -1.89. The van der Waals surface area contributed by atoms with Crippen molar-refractivity contribution in [3.63, 3.8) is 0 Å². The normalized spacial score (nSPS) is 10.8. The van der Waals surface area contributed by atoms with Gasteiger partial charge in [0.2, 0.25) is 0 Å². The number of hydrogen-bond donors (Lipinski definition) is 1. The Balaban J connectivity index is 2.47. The van der Waals surface area contributed by atoms with Crippen molar-refractivity contribution in [2.75, 3.05) is 7.05 Å². The van der Waals surface area contributed by atoms with Gasteiger partial charge in [-0.15, -0.1) is 0 Å². The summed E-state index contributed by atoms with van der Waals surface area (Å²) in [6.07, 6.45) is 1.76. The first kappa shape index (κ1) is 7.31. The molecule has 2 aromatic rings. The first-order valence-electron chi connectivity index (χ1n) is 3.88. The van der Waals surface area contributed by atoms with Crippen molar-refractivity contribution in [1.82, 2.24) is 10.3 Å². The molecule has 3 heteroatoms. The molecule has 0 aliphatic heterocycles. The van der Waals surface area contributed by atoms with Gasteiger partial charge in [0, 0.05) is 12.3 Å². The molecule has 0 spiro atoms. The van der Waals surface area contributed by atoms with E-state index in [2.05, 4.69) is 10.3 Å². The molecule has 0 aromatic carbocycles. The van der Waals surface area contributed by atoms with Crippen LogP contribution < -0.4 is 5.32 Å². The predicted molar refractivity (Wildman–Crippen MR) is 46.8 cm³/mol. The first-order chi connectivity index (χ1) is 5.90. The Bertz CT molecular complexity index is 348. The zero-order valence-corrected chi connectivity index (χ0v) is 6.87. The largest absolute Gasteiger partial charge is 0.458 e. The van der Waals surface area contributed by atoms with Crippen LogP contribution >= 0.6 is 0 Å². The molecule has 0 aliphatic carbocycles. The van der Waals surface area contributed by atoms with E-state index >= 15 is 0 Å². The van der Waals surface area contributed by atoms with E-state index in [1.165, 1.54) is 0 Å². The van der Waals surface area contributed by atoms with Crippen LogP contribution in [0.25, 0.3) is 11.1 Å². The second-order valence-corrected chi connectivity index (χ2v) is 2.63. The van der Waals surface area contributed by atoms with E-state index < -0.39 is 0 Å². The Kier molecular flexibility index (Phi) is 1.80. The molecule has 1 N–H and O–H groups in total. The summed E-state index contributed by atoms with van der Waals surface area (Å²) < 4.78 is 5.48. The van der Waals surface area contributed by atoms with Crippen LogP contribution in [0.4, 0.5) is 0 Å². The van der Waals surface area contributed by atoms with Crippen LogP contribution in [-0.2, 0) is 6.54 Å². The summed E-state index contributed by atoms with van der Waals surface area (Å²) in [6.45, 7) is 0.746. The lowest BCUT2D eigenvalue weighted by molar-refractivity contribution is 0.530. The number of pyridine rings is 1. The van der Waals surface area contributed by atoms with Crippen LogP contribution in [0.3, 0.4) is 0 Å². The molecule has 12 heavy (non-hydrogen) atoms. The number of rotatable bonds is 2. The highest BCUT2D eigenvalue weighted by Crippen LogP contribution is 2.15. The number of fused-ring (bicyclic) bond motifs is 1. The molecule has 0 bridgehead atoms. The van der Waals surface area contributed by atoms with Crippen LogP contribution in [0.2, 0.25) is 0 Å². The highest BCUT2D eigenvalue weighted by Gasteiger charge is 2.01. The fourth-order valence-corrected chi connectivity index (χ4v) is 1.18. The van der Waals surface area contributed by atoms with Gasteiger partial charge in [-0.3, -0.25) is 4.98 Å². The monoisotopic (exact) mass is 162 g/mol. The molecule has 2 rings (SSSR count). The third-order valence-corrected chi connectivity index (χ3v) is 1.69. The summed E-state index contributed by atoms with van der Waals surface area (Å²) in [5.41, 5.74) is 1.77. The maximum Gasteiger partial charge on any atom is 0.152 e. The lowest BCUT2D eigenvalue weighted by Crippen LogP contribution is -2.03. The molecule has 62 valence electrons. The average molecular weight is 162 g/mol. The van der Waals surface area contributed by atoms with E-state index in [0.717, 1.165) is 23.4 Å². The summed E-state index contributed by atoms with van der Waals surface area (Å²) >= 11 is 0. The second-order valence-electron chi connectivity index (χ2n) is 2.63. The van der Waals surface area contributed by atoms with E-state index in [1.807, 2.05) is 25.2 Å². The van der Waals surface area contributed by atoms with Crippen LogP contribution in [-0.4, -0.2) is 12.0 Å². The molecule has 2 heterocycles. The Morgan fingerprint density at radius 2 is 2.50 bits per heavy atom. The molecule has 0 amide bonds. The number of nitrogens with zero attached hydrogens (tertiary/aromatic N) is 1. The van der Waals surface area contributed by atoms with Crippen molar-refractivity contribution in [1.29, 1.82) is 0 Å². The van der Waals surface area contributed by atoms with Gasteiger partial charge >= 0.3 is 0 Å².